The van der Waals surface area contributed by atoms with Gasteiger partial charge in [-0.25, -0.2) is 0 Å². The Morgan fingerprint density at radius 1 is 1.62 bits per heavy atom. The van der Waals surface area contributed by atoms with E-state index in [2.05, 4.69) is 6.92 Å². The van der Waals surface area contributed by atoms with Gasteiger partial charge in [0.2, 0.25) is 5.91 Å². The van der Waals surface area contributed by atoms with Crippen LogP contribution < -0.4 is 10.6 Å². The summed E-state index contributed by atoms with van der Waals surface area (Å²) in [6, 6.07) is 7.52. The summed E-state index contributed by atoms with van der Waals surface area (Å²) in [6.45, 7) is 3.81. The Hall–Kier alpha value is -1.35. The molecule has 0 saturated carbocycles. The quantitative estimate of drug-likeness (QED) is 0.730. The van der Waals surface area contributed by atoms with Crippen molar-refractivity contribution in [2.24, 2.45) is 5.73 Å². The lowest BCUT2D eigenvalue weighted by Crippen LogP contribution is -2.23. The van der Waals surface area contributed by atoms with Crippen molar-refractivity contribution in [3.63, 3.8) is 0 Å². The normalized spacial score (nSPS) is 9.77. The molecule has 0 saturated heterocycles. The molecule has 0 aliphatic rings. The maximum Gasteiger partial charge on any atom is 0.227 e. The fourth-order valence-corrected chi connectivity index (χ4v) is 1.04. The SMILES string of the molecule is [CH2]C(=O)N(C)c1cccc(CN)c1. The number of carbonyl (C=O) groups excluding carboxylic acids is 1. The van der Waals surface area contributed by atoms with Gasteiger partial charge in [0.25, 0.3) is 0 Å². The summed E-state index contributed by atoms with van der Waals surface area (Å²) in [5.74, 6) is -0.228. The highest BCUT2D eigenvalue weighted by Gasteiger charge is 2.04. The number of nitrogens with zero attached hydrogens (tertiary/aromatic N) is 1. The van der Waals surface area contributed by atoms with Crippen molar-refractivity contribution >= 4 is 11.6 Å². The molecule has 0 aliphatic carbocycles. The van der Waals surface area contributed by atoms with Crippen LogP contribution in [-0.4, -0.2) is 13.0 Å². The number of benzene rings is 1. The highest BCUT2D eigenvalue weighted by Crippen LogP contribution is 2.14. The molecule has 0 aromatic heterocycles. The maximum absolute atomic E-state index is 10.9. The van der Waals surface area contributed by atoms with Crippen LogP contribution in [-0.2, 0) is 11.3 Å². The molecule has 0 spiro atoms. The van der Waals surface area contributed by atoms with Crippen LogP contribution in [0.1, 0.15) is 5.56 Å². The number of carbonyl (C=O) groups is 1. The number of nitrogens with two attached hydrogens (primary N) is 1. The van der Waals surface area contributed by atoms with E-state index < -0.39 is 0 Å². The Morgan fingerprint density at radius 2 is 2.31 bits per heavy atom. The van der Waals surface area contributed by atoms with Crippen LogP contribution in [0.2, 0.25) is 0 Å². The molecule has 0 unspecified atom stereocenters. The Kier molecular flexibility index (Phi) is 3.03. The zero-order valence-electron chi connectivity index (χ0n) is 7.66. The summed E-state index contributed by atoms with van der Waals surface area (Å²) >= 11 is 0. The highest BCUT2D eigenvalue weighted by atomic mass is 16.2. The molecule has 0 aliphatic heterocycles. The van der Waals surface area contributed by atoms with Gasteiger partial charge in [0, 0.05) is 26.2 Å². The van der Waals surface area contributed by atoms with Gasteiger partial charge in [0.15, 0.2) is 0 Å². The molecule has 1 radical (unpaired) electrons. The molecular weight excluding hydrogens is 164 g/mol. The second-order valence-electron chi connectivity index (χ2n) is 2.83. The van der Waals surface area contributed by atoms with Gasteiger partial charge in [-0.1, -0.05) is 12.1 Å². The van der Waals surface area contributed by atoms with Gasteiger partial charge in [-0.05, 0) is 17.7 Å². The highest BCUT2D eigenvalue weighted by molar-refractivity contribution is 5.95. The number of amides is 1. The monoisotopic (exact) mass is 177 g/mol. The van der Waals surface area contributed by atoms with Crippen LogP contribution in [0.3, 0.4) is 0 Å². The summed E-state index contributed by atoms with van der Waals surface area (Å²) < 4.78 is 0. The minimum Gasteiger partial charge on any atom is -0.326 e. The van der Waals surface area contributed by atoms with Crippen molar-refractivity contribution in [1.29, 1.82) is 0 Å². The predicted octanol–water partition coefficient (Wildman–Crippen LogP) is 0.942. The smallest absolute Gasteiger partial charge is 0.227 e. The average molecular weight is 177 g/mol. The maximum atomic E-state index is 10.9. The van der Waals surface area contributed by atoms with Crippen LogP contribution in [0, 0.1) is 6.92 Å². The van der Waals surface area contributed by atoms with Gasteiger partial charge in [0.05, 0.1) is 0 Å². The van der Waals surface area contributed by atoms with Crippen LogP contribution in [0.25, 0.3) is 0 Å². The molecule has 1 amide bonds. The second kappa shape index (κ2) is 4.05. The fraction of sp³-hybridized carbons (Fsp3) is 0.200. The molecule has 2 N–H and O–H groups in total. The largest absolute Gasteiger partial charge is 0.326 e. The molecule has 1 aromatic rings. The first-order valence-corrected chi connectivity index (χ1v) is 4.04. The predicted molar refractivity (Wildman–Crippen MR) is 53.1 cm³/mol. The van der Waals surface area contributed by atoms with Crippen LogP contribution >= 0.6 is 0 Å². The van der Waals surface area contributed by atoms with Gasteiger partial charge < -0.3 is 10.6 Å². The van der Waals surface area contributed by atoms with Crippen LogP contribution in [0.4, 0.5) is 5.69 Å². The standard InChI is InChI=1S/C10H13N2O/c1-8(13)12(2)10-5-3-4-9(6-10)7-11/h3-6H,1,7,11H2,2H3. The molecule has 0 atom stereocenters. The van der Waals surface area contributed by atoms with Gasteiger partial charge in [-0.3, -0.25) is 4.79 Å². The molecule has 0 heterocycles. The molecule has 1 rings (SSSR count). The van der Waals surface area contributed by atoms with Crippen molar-refractivity contribution in [2.45, 2.75) is 6.54 Å². The van der Waals surface area contributed by atoms with Crippen LogP contribution in [0.15, 0.2) is 24.3 Å². The zero-order chi connectivity index (χ0) is 9.84. The molecule has 3 heteroatoms. The van der Waals surface area contributed by atoms with E-state index in [9.17, 15) is 4.79 Å². The van der Waals surface area contributed by atoms with Gasteiger partial charge in [-0.2, -0.15) is 0 Å². The van der Waals surface area contributed by atoms with E-state index in [-0.39, 0.29) is 5.91 Å². The third-order valence-corrected chi connectivity index (χ3v) is 1.91. The summed E-state index contributed by atoms with van der Waals surface area (Å²) in [6.07, 6.45) is 0. The number of rotatable bonds is 2. The molecule has 3 nitrogen and oxygen atoms in total. The molecule has 0 fully saturated rings. The molecule has 69 valence electrons. The van der Waals surface area contributed by atoms with Gasteiger partial charge in [-0.15, -0.1) is 0 Å². The summed E-state index contributed by atoms with van der Waals surface area (Å²) in [5, 5.41) is 0. The third-order valence-electron chi connectivity index (χ3n) is 1.91. The van der Waals surface area contributed by atoms with E-state index in [1.54, 1.807) is 7.05 Å². The van der Waals surface area contributed by atoms with E-state index in [1.165, 1.54) is 4.90 Å². The summed E-state index contributed by atoms with van der Waals surface area (Å²) in [7, 11) is 1.69. The zero-order valence-corrected chi connectivity index (χ0v) is 7.66. The lowest BCUT2D eigenvalue weighted by atomic mass is 10.2. The number of hydrogen-bond donors (Lipinski definition) is 1. The Morgan fingerprint density at radius 3 is 2.85 bits per heavy atom. The second-order valence-corrected chi connectivity index (χ2v) is 2.83. The topological polar surface area (TPSA) is 46.3 Å². The molecule has 1 aromatic carbocycles. The lowest BCUT2D eigenvalue weighted by Gasteiger charge is -2.15. The summed E-state index contributed by atoms with van der Waals surface area (Å²) in [4.78, 5) is 12.4. The average Bonchev–Trinajstić information content (AvgIpc) is 2.16. The Balaban J connectivity index is 2.94. The van der Waals surface area contributed by atoms with Crippen molar-refractivity contribution < 1.29 is 4.79 Å². The molecule has 0 bridgehead atoms. The van der Waals surface area contributed by atoms with Crippen molar-refractivity contribution in [3.8, 4) is 0 Å². The van der Waals surface area contributed by atoms with E-state index >= 15 is 0 Å². The van der Waals surface area contributed by atoms with Gasteiger partial charge >= 0.3 is 0 Å². The van der Waals surface area contributed by atoms with Gasteiger partial charge in [0.1, 0.15) is 0 Å². The number of anilines is 1. The minimum atomic E-state index is -0.228. The first-order chi connectivity index (χ1) is 6.15. The van der Waals surface area contributed by atoms with Crippen molar-refractivity contribution in [3.05, 3.63) is 36.8 Å². The third kappa shape index (κ3) is 2.29. The Labute approximate surface area is 78.2 Å². The van der Waals surface area contributed by atoms with E-state index in [0.717, 1.165) is 11.3 Å². The van der Waals surface area contributed by atoms with E-state index in [4.69, 9.17) is 5.73 Å². The summed E-state index contributed by atoms with van der Waals surface area (Å²) in [5.41, 5.74) is 7.30. The fourth-order valence-electron chi connectivity index (χ4n) is 1.04. The van der Waals surface area contributed by atoms with E-state index in [1.807, 2.05) is 24.3 Å². The van der Waals surface area contributed by atoms with E-state index in [0.29, 0.717) is 6.54 Å². The van der Waals surface area contributed by atoms with Crippen molar-refractivity contribution in [2.75, 3.05) is 11.9 Å². The minimum absolute atomic E-state index is 0.228. The van der Waals surface area contributed by atoms with Crippen LogP contribution in [0.5, 0.6) is 0 Å². The Bertz CT molecular complexity index is 310. The first-order valence-electron chi connectivity index (χ1n) is 4.04. The first kappa shape index (κ1) is 9.74. The van der Waals surface area contributed by atoms with Crippen molar-refractivity contribution in [1.82, 2.24) is 0 Å². The molecule has 13 heavy (non-hydrogen) atoms. The lowest BCUT2D eigenvalue weighted by molar-refractivity contribution is -0.114. The number of hydrogen-bond acceptors (Lipinski definition) is 2. The molecular formula is C10H13N2O.